The second kappa shape index (κ2) is 5.46. The zero-order chi connectivity index (χ0) is 14.2. The summed E-state index contributed by atoms with van der Waals surface area (Å²) in [4.78, 5) is 16.4. The molecule has 0 saturated carbocycles. The van der Waals surface area contributed by atoms with E-state index in [0.717, 1.165) is 0 Å². The lowest BCUT2D eigenvalue weighted by molar-refractivity contribution is -0.122. The number of ether oxygens (including phenoxy) is 1. The fourth-order valence-electron chi connectivity index (χ4n) is 2.46. The van der Waals surface area contributed by atoms with Gasteiger partial charge in [0.25, 0.3) is 0 Å². The van der Waals surface area contributed by atoms with Gasteiger partial charge < -0.3 is 15.8 Å². The number of halogens is 1. The van der Waals surface area contributed by atoms with Crippen LogP contribution in [0.15, 0.2) is 16.7 Å². The number of carbonyl (C=O) groups is 1. The normalized spacial score (nSPS) is 30.3. The molecule has 1 fully saturated rings. The Kier molecular flexibility index (Phi) is 4.10. The molecule has 0 radical (unpaired) electrons. The number of pyridine rings is 1. The van der Waals surface area contributed by atoms with Crippen LogP contribution in [0.2, 0.25) is 0 Å². The minimum Gasteiger partial charge on any atom is -0.397 e. The Hall–Kier alpha value is -1.14. The average molecular weight is 328 g/mol. The van der Waals surface area contributed by atoms with Crippen molar-refractivity contribution in [3.8, 4) is 0 Å². The number of nitrogens with two attached hydrogens (primary N) is 1. The van der Waals surface area contributed by atoms with E-state index in [1.54, 1.807) is 6.07 Å². The monoisotopic (exact) mass is 327 g/mol. The van der Waals surface area contributed by atoms with Gasteiger partial charge in [-0.1, -0.05) is 6.92 Å². The van der Waals surface area contributed by atoms with Crippen LogP contribution >= 0.6 is 15.9 Å². The van der Waals surface area contributed by atoms with Gasteiger partial charge in [-0.25, -0.2) is 4.98 Å². The number of rotatable bonds is 2. The molecule has 19 heavy (non-hydrogen) atoms. The number of aromatic nitrogens is 1. The molecule has 1 aromatic heterocycles. The Bertz CT molecular complexity index is 495. The van der Waals surface area contributed by atoms with Gasteiger partial charge in [0.2, 0.25) is 5.91 Å². The number of amides is 1. The van der Waals surface area contributed by atoms with Gasteiger partial charge in [0.15, 0.2) is 0 Å². The van der Waals surface area contributed by atoms with Crippen molar-refractivity contribution in [1.29, 1.82) is 0 Å². The zero-order valence-corrected chi connectivity index (χ0v) is 12.8. The lowest BCUT2D eigenvalue weighted by Crippen LogP contribution is -2.32. The summed E-state index contributed by atoms with van der Waals surface area (Å²) in [6.07, 6.45) is 1.52. The lowest BCUT2D eigenvalue weighted by Gasteiger charge is -2.18. The highest BCUT2D eigenvalue weighted by molar-refractivity contribution is 9.10. The van der Waals surface area contributed by atoms with Crippen LogP contribution in [0.25, 0.3) is 0 Å². The van der Waals surface area contributed by atoms with Crippen molar-refractivity contribution in [2.45, 2.75) is 33.0 Å². The highest BCUT2D eigenvalue weighted by Gasteiger charge is 2.41. The van der Waals surface area contributed by atoms with Crippen LogP contribution in [0.4, 0.5) is 11.5 Å². The largest absolute Gasteiger partial charge is 0.397 e. The molecule has 5 nitrogen and oxygen atoms in total. The molecule has 6 heteroatoms. The van der Waals surface area contributed by atoms with E-state index in [2.05, 4.69) is 26.2 Å². The molecule has 1 amide bonds. The summed E-state index contributed by atoms with van der Waals surface area (Å²) in [6, 6.07) is 1.71. The fourth-order valence-corrected chi connectivity index (χ4v) is 2.93. The fraction of sp³-hybridized carbons (Fsp3) is 0.538. The maximum Gasteiger partial charge on any atom is 0.231 e. The highest BCUT2D eigenvalue weighted by atomic mass is 79.9. The molecule has 1 saturated heterocycles. The average Bonchev–Trinajstić information content (AvgIpc) is 2.57. The van der Waals surface area contributed by atoms with Crippen molar-refractivity contribution in [3.05, 3.63) is 16.7 Å². The maximum atomic E-state index is 12.3. The number of nitrogens with zero attached hydrogens (tertiary/aromatic N) is 1. The van der Waals surface area contributed by atoms with Gasteiger partial charge in [0.1, 0.15) is 5.82 Å². The SMILES string of the molecule is CC1OC(C)C(C(=O)Nc2ncc(N)cc2Br)C1C. The smallest absolute Gasteiger partial charge is 0.231 e. The van der Waals surface area contributed by atoms with Crippen molar-refractivity contribution in [3.63, 3.8) is 0 Å². The third-order valence-corrected chi connectivity index (χ3v) is 4.25. The summed E-state index contributed by atoms with van der Waals surface area (Å²) in [6.45, 7) is 5.95. The van der Waals surface area contributed by atoms with Gasteiger partial charge in [-0.05, 0) is 41.8 Å². The van der Waals surface area contributed by atoms with Crippen molar-refractivity contribution < 1.29 is 9.53 Å². The van der Waals surface area contributed by atoms with Gasteiger partial charge in [-0.15, -0.1) is 0 Å². The van der Waals surface area contributed by atoms with Crippen LogP contribution in [0.3, 0.4) is 0 Å². The molecular formula is C13H18BrN3O2. The maximum absolute atomic E-state index is 12.3. The topological polar surface area (TPSA) is 77.2 Å². The molecule has 1 aromatic rings. The summed E-state index contributed by atoms with van der Waals surface area (Å²) >= 11 is 3.34. The Labute approximate surface area is 121 Å². The molecular weight excluding hydrogens is 310 g/mol. The quantitative estimate of drug-likeness (QED) is 0.874. The van der Waals surface area contributed by atoms with E-state index in [1.165, 1.54) is 6.20 Å². The first-order valence-corrected chi connectivity index (χ1v) is 7.06. The van der Waals surface area contributed by atoms with E-state index >= 15 is 0 Å². The number of anilines is 2. The van der Waals surface area contributed by atoms with Gasteiger partial charge in [0.05, 0.1) is 34.5 Å². The van der Waals surface area contributed by atoms with E-state index in [1.807, 2.05) is 20.8 Å². The Morgan fingerprint density at radius 3 is 2.63 bits per heavy atom. The molecule has 4 unspecified atom stereocenters. The van der Waals surface area contributed by atoms with Crippen LogP contribution < -0.4 is 11.1 Å². The predicted molar refractivity (Wildman–Crippen MR) is 77.6 cm³/mol. The molecule has 1 aliphatic heterocycles. The summed E-state index contributed by atoms with van der Waals surface area (Å²) in [5.41, 5.74) is 6.16. The summed E-state index contributed by atoms with van der Waals surface area (Å²) in [5.74, 6) is 0.435. The van der Waals surface area contributed by atoms with E-state index in [9.17, 15) is 4.79 Å². The molecule has 0 aromatic carbocycles. The first-order valence-electron chi connectivity index (χ1n) is 6.27. The van der Waals surface area contributed by atoms with Crippen molar-refractivity contribution >= 4 is 33.3 Å². The third-order valence-electron chi connectivity index (χ3n) is 3.65. The van der Waals surface area contributed by atoms with Crippen molar-refractivity contribution in [2.24, 2.45) is 11.8 Å². The van der Waals surface area contributed by atoms with E-state index in [-0.39, 0.29) is 30.0 Å². The summed E-state index contributed by atoms with van der Waals surface area (Å²) in [5, 5.41) is 2.83. The second-order valence-corrected chi connectivity index (χ2v) is 5.87. The zero-order valence-electron chi connectivity index (χ0n) is 11.2. The van der Waals surface area contributed by atoms with Gasteiger partial charge >= 0.3 is 0 Å². The Morgan fingerprint density at radius 2 is 2.11 bits per heavy atom. The second-order valence-electron chi connectivity index (χ2n) is 5.02. The van der Waals surface area contributed by atoms with Crippen molar-refractivity contribution in [1.82, 2.24) is 4.98 Å². The highest BCUT2D eigenvalue weighted by Crippen LogP contribution is 2.33. The first kappa shape index (κ1) is 14.3. The van der Waals surface area contributed by atoms with Crippen LogP contribution in [0.1, 0.15) is 20.8 Å². The van der Waals surface area contributed by atoms with Crippen LogP contribution in [0.5, 0.6) is 0 Å². The minimum atomic E-state index is -0.166. The standard InChI is InChI=1S/C13H18BrN3O2/c1-6-7(2)19-8(3)11(6)13(18)17-12-10(14)4-9(15)5-16-12/h4-8,11H,15H2,1-3H3,(H,16,17,18). The number of carbonyl (C=O) groups excluding carboxylic acids is 1. The summed E-state index contributed by atoms with van der Waals surface area (Å²) < 4.78 is 6.36. The third kappa shape index (κ3) is 2.90. The molecule has 4 atom stereocenters. The molecule has 2 rings (SSSR count). The van der Waals surface area contributed by atoms with E-state index in [0.29, 0.717) is 16.0 Å². The van der Waals surface area contributed by atoms with Crippen LogP contribution in [-0.4, -0.2) is 23.1 Å². The molecule has 0 bridgehead atoms. The van der Waals surface area contributed by atoms with Crippen molar-refractivity contribution in [2.75, 3.05) is 11.1 Å². The summed E-state index contributed by atoms with van der Waals surface area (Å²) in [7, 11) is 0. The number of nitrogen functional groups attached to an aromatic ring is 1. The van der Waals surface area contributed by atoms with Gasteiger partial charge in [0, 0.05) is 0 Å². The first-order chi connectivity index (χ1) is 8.90. The van der Waals surface area contributed by atoms with E-state index < -0.39 is 0 Å². The van der Waals surface area contributed by atoms with Crippen LogP contribution in [-0.2, 0) is 9.53 Å². The molecule has 1 aliphatic rings. The van der Waals surface area contributed by atoms with Gasteiger partial charge in [-0.2, -0.15) is 0 Å². The van der Waals surface area contributed by atoms with E-state index in [4.69, 9.17) is 10.5 Å². The molecule has 0 aliphatic carbocycles. The Balaban J connectivity index is 2.13. The molecule has 3 N–H and O–H groups in total. The number of hydrogen-bond acceptors (Lipinski definition) is 4. The van der Waals surface area contributed by atoms with Gasteiger partial charge in [-0.3, -0.25) is 4.79 Å². The number of nitrogens with one attached hydrogen (secondary N) is 1. The predicted octanol–water partition coefficient (Wildman–Crippen LogP) is 2.42. The van der Waals surface area contributed by atoms with Crippen LogP contribution in [0, 0.1) is 11.8 Å². The molecule has 104 valence electrons. The molecule has 0 spiro atoms. The lowest BCUT2D eigenvalue weighted by atomic mass is 9.89. The molecule has 2 heterocycles. The minimum absolute atomic E-state index is 0.0673. The number of hydrogen-bond donors (Lipinski definition) is 2. The Morgan fingerprint density at radius 1 is 1.42 bits per heavy atom.